The summed E-state index contributed by atoms with van der Waals surface area (Å²) in [4.78, 5) is 56.2. The average Bonchev–Trinajstić information content (AvgIpc) is 4.27. The van der Waals surface area contributed by atoms with E-state index < -0.39 is 28.1 Å². The number of rotatable bonds is 21. The molecule has 4 aliphatic rings. The highest BCUT2D eigenvalue weighted by molar-refractivity contribution is 7.13. The van der Waals surface area contributed by atoms with Crippen molar-refractivity contribution in [3.05, 3.63) is 140 Å². The first-order chi connectivity index (χ1) is 37.4. The largest absolute Gasteiger partial charge is 0.488 e. The van der Waals surface area contributed by atoms with Crippen LogP contribution < -0.4 is 19.3 Å². The van der Waals surface area contributed by atoms with Gasteiger partial charge in [-0.3, -0.25) is 29.0 Å². The Bertz CT molecular complexity index is 3090. The van der Waals surface area contributed by atoms with Gasteiger partial charge in [0.25, 0.3) is 0 Å². The van der Waals surface area contributed by atoms with Crippen LogP contribution >= 0.6 is 22.7 Å². The Morgan fingerprint density at radius 1 is 0.603 bits per heavy atom. The molecule has 0 saturated heterocycles. The highest BCUT2D eigenvalue weighted by atomic mass is 32.1. The number of fused-ring (bicyclic) bond motifs is 2. The molecule has 12 nitrogen and oxygen atoms in total. The first kappa shape index (κ1) is 56.0. The number of anilines is 2. The first-order valence-corrected chi connectivity index (χ1v) is 27.5. The third-order valence-corrected chi connectivity index (χ3v) is 16.1. The molecule has 20 heteroatoms. The molecule has 0 bridgehead atoms. The Morgan fingerprint density at radius 2 is 1.03 bits per heavy atom. The Labute approximate surface area is 455 Å². The Balaban J connectivity index is 0.000000190. The lowest BCUT2D eigenvalue weighted by atomic mass is 10.1. The van der Waals surface area contributed by atoms with Crippen LogP contribution in [0.1, 0.15) is 76.1 Å². The van der Waals surface area contributed by atoms with Crippen molar-refractivity contribution in [2.45, 2.75) is 95.9 Å². The third-order valence-electron chi connectivity index (χ3n) is 13.8. The van der Waals surface area contributed by atoms with E-state index in [0.717, 1.165) is 48.2 Å². The fraction of sp³-hybridized carbons (Fsp3) is 0.379. The summed E-state index contributed by atoms with van der Waals surface area (Å²) in [5.74, 6) is -0.146. The number of thiophene rings is 2. The highest BCUT2D eigenvalue weighted by Gasteiger charge is 2.39. The number of amides is 2. The SMILES string of the molecule is CCOC(=O)CCN(CC(=O)N1CCc2cc(OCc3cc(-c4ccccc4)c(C(F)(F)F)s3)ccc21)C1CC1.O=C(O)CCN(CC(=O)N1CCc2cc(OCc3cc(-c4ccccc4)c(C(F)(F)F)s3)ccc21)C1CC1. The summed E-state index contributed by atoms with van der Waals surface area (Å²) in [6.07, 6.45) is -3.33. The van der Waals surface area contributed by atoms with Crippen molar-refractivity contribution in [3.63, 3.8) is 0 Å². The molecular weight excluding hydrogens is 1060 g/mol. The number of carbonyl (C=O) groups is 4. The maximum absolute atomic E-state index is 13.7. The van der Waals surface area contributed by atoms with Crippen molar-refractivity contribution in [1.29, 1.82) is 0 Å². The zero-order valence-corrected chi connectivity index (χ0v) is 44.4. The molecule has 10 rings (SSSR count). The van der Waals surface area contributed by atoms with Crippen LogP contribution in [0.5, 0.6) is 11.5 Å². The molecule has 2 saturated carbocycles. The van der Waals surface area contributed by atoms with Crippen LogP contribution in [-0.4, -0.2) is 96.6 Å². The summed E-state index contributed by atoms with van der Waals surface area (Å²) in [6.45, 7) is 4.47. The lowest BCUT2D eigenvalue weighted by Gasteiger charge is -2.25. The van der Waals surface area contributed by atoms with Crippen LogP contribution in [-0.2, 0) is 62.3 Å². The zero-order chi connectivity index (χ0) is 55.1. The molecule has 4 aromatic carbocycles. The van der Waals surface area contributed by atoms with Crippen LogP contribution in [0, 0.1) is 0 Å². The van der Waals surface area contributed by atoms with E-state index in [0.29, 0.717) is 107 Å². The molecule has 0 unspecified atom stereocenters. The first-order valence-electron chi connectivity index (χ1n) is 25.9. The van der Waals surface area contributed by atoms with E-state index in [1.807, 2.05) is 23.1 Å². The number of carboxylic acid groups (broad SMARTS) is 1. The third kappa shape index (κ3) is 14.3. The van der Waals surface area contributed by atoms with Gasteiger partial charge in [-0.15, -0.1) is 22.7 Å². The zero-order valence-electron chi connectivity index (χ0n) is 42.7. The van der Waals surface area contributed by atoms with Crippen molar-refractivity contribution in [3.8, 4) is 33.8 Å². The van der Waals surface area contributed by atoms with Crippen molar-refractivity contribution >= 4 is 57.8 Å². The molecule has 4 heterocycles. The minimum atomic E-state index is -4.46. The molecule has 2 aromatic heterocycles. The van der Waals surface area contributed by atoms with E-state index in [1.165, 1.54) is 6.07 Å². The van der Waals surface area contributed by atoms with Gasteiger partial charge in [0.1, 0.15) is 34.5 Å². The van der Waals surface area contributed by atoms with Crippen molar-refractivity contribution in [1.82, 2.24) is 9.80 Å². The summed E-state index contributed by atoms with van der Waals surface area (Å²) in [5.41, 5.74) is 4.83. The second-order valence-corrected chi connectivity index (χ2v) is 21.8. The molecule has 2 aliphatic heterocycles. The minimum Gasteiger partial charge on any atom is -0.488 e. The quantitative estimate of drug-likeness (QED) is 0.0549. The number of hydrogen-bond acceptors (Lipinski definition) is 11. The van der Waals surface area contributed by atoms with Crippen LogP contribution in [0.2, 0.25) is 0 Å². The van der Waals surface area contributed by atoms with E-state index in [1.54, 1.807) is 102 Å². The normalized spacial score (nSPS) is 15.0. The molecule has 1 N–H and O–H groups in total. The van der Waals surface area contributed by atoms with Crippen LogP contribution in [0.15, 0.2) is 109 Å². The monoisotopic (exact) mass is 1120 g/mol. The number of hydrogen-bond donors (Lipinski definition) is 1. The molecule has 6 aromatic rings. The van der Waals surface area contributed by atoms with Crippen molar-refractivity contribution in [2.75, 3.05) is 55.7 Å². The maximum atomic E-state index is 13.7. The molecule has 0 radical (unpaired) electrons. The lowest BCUT2D eigenvalue weighted by Crippen LogP contribution is -2.41. The van der Waals surface area contributed by atoms with Crippen LogP contribution in [0.3, 0.4) is 0 Å². The number of benzene rings is 4. The standard InChI is InChI=1S/C30H31F3N2O4S.C28H27F3N2O4S/c1-2-38-28(37)13-14-34(22-8-9-22)18-27(36)35-15-12-21-16-23(10-11-26(21)35)39-19-24-17-25(20-6-4-3-5-7-20)29(40-24)30(31,32)33;29-28(30,31)27-23(18-4-2-1-3-5-18)15-22(38-27)17-37-21-8-9-24-19(14-21)10-13-33(24)25(34)16-32(20-6-7-20)12-11-26(35)36/h3-7,10-11,16-17,22H,2,8-9,12-15,18-19H2,1H3;1-5,8-9,14-15,20H,6-7,10-13,16-17H2,(H,35,36). The molecule has 2 amide bonds. The molecule has 2 fully saturated rings. The number of ether oxygens (including phenoxy) is 3. The van der Waals surface area contributed by atoms with Gasteiger partial charge in [-0.25, -0.2) is 0 Å². The van der Waals surface area contributed by atoms with E-state index in [4.69, 9.17) is 19.3 Å². The van der Waals surface area contributed by atoms with E-state index in [9.17, 15) is 45.5 Å². The van der Waals surface area contributed by atoms with Crippen LogP contribution in [0.25, 0.3) is 22.3 Å². The van der Waals surface area contributed by atoms with Gasteiger partial charge in [-0.1, -0.05) is 60.7 Å². The number of alkyl halides is 6. The summed E-state index contributed by atoms with van der Waals surface area (Å²) in [6, 6.07) is 31.5. The van der Waals surface area contributed by atoms with Gasteiger partial charge < -0.3 is 29.1 Å². The van der Waals surface area contributed by atoms with Gasteiger partial charge in [0.05, 0.1) is 32.5 Å². The topological polar surface area (TPSA) is 129 Å². The van der Waals surface area contributed by atoms with E-state index in [-0.39, 0.29) is 74.1 Å². The van der Waals surface area contributed by atoms with Gasteiger partial charge in [-0.05, 0) is 116 Å². The number of esters is 1. The smallest absolute Gasteiger partial charge is 0.426 e. The molecule has 0 spiro atoms. The molecule has 0 atom stereocenters. The summed E-state index contributed by atoms with van der Waals surface area (Å²) < 4.78 is 98.9. The van der Waals surface area contributed by atoms with Gasteiger partial charge in [0.2, 0.25) is 11.8 Å². The number of halogens is 6. The molecule has 412 valence electrons. The van der Waals surface area contributed by atoms with Gasteiger partial charge in [0.15, 0.2) is 0 Å². The number of aliphatic carboxylic acids is 1. The van der Waals surface area contributed by atoms with Gasteiger partial charge in [0, 0.05) is 70.5 Å². The average molecular weight is 1120 g/mol. The second kappa shape index (κ2) is 24.5. The van der Waals surface area contributed by atoms with Gasteiger partial charge in [-0.2, -0.15) is 26.3 Å². The summed E-state index contributed by atoms with van der Waals surface area (Å²) in [5, 5.41) is 9.00. The Kier molecular flexibility index (Phi) is 17.6. The van der Waals surface area contributed by atoms with E-state index in [2.05, 4.69) is 4.90 Å². The minimum absolute atomic E-state index is 0.00192. The maximum Gasteiger partial charge on any atom is 0.426 e. The molecule has 78 heavy (non-hydrogen) atoms. The van der Waals surface area contributed by atoms with Crippen molar-refractivity contribution in [2.24, 2.45) is 0 Å². The van der Waals surface area contributed by atoms with Crippen LogP contribution in [0.4, 0.5) is 37.7 Å². The Morgan fingerprint density at radius 3 is 1.41 bits per heavy atom. The number of carbonyl (C=O) groups excluding carboxylic acids is 3. The lowest BCUT2D eigenvalue weighted by molar-refractivity contribution is -0.144. The van der Waals surface area contributed by atoms with Gasteiger partial charge >= 0.3 is 24.3 Å². The summed E-state index contributed by atoms with van der Waals surface area (Å²) in [7, 11) is 0. The second-order valence-electron chi connectivity index (χ2n) is 19.5. The van der Waals surface area contributed by atoms with E-state index >= 15 is 0 Å². The molecular formula is C58H58F6N4O8S2. The molecule has 2 aliphatic carbocycles. The fourth-order valence-electron chi connectivity index (χ4n) is 9.76. The predicted molar refractivity (Wildman–Crippen MR) is 286 cm³/mol. The van der Waals surface area contributed by atoms with Crippen molar-refractivity contribution < 1.29 is 64.8 Å². The number of nitrogens with zero attached hydrogens (tertiary/aromatic N) is 4. The Hall–Kier alpha value is -6.74. The fourth-order valence-corrected chi connectivity index (χ4v) is 11.7. The summed E-state index contributed by atoms with van der Waals surface area (Å²) >= 11 is 1.38. The number of carboxylic acids is 1. The highest BCUT2D eigenvalue weighted by Crippen LogP contribution is 2.45. The predicted octanol–water partition coefficient (Wildman–Crippen LogP) is 12.2.